The van der Waals surface area contributed by atoms with E-state index in [2.05, 4.69) is 32.9 Å². The molecular weight excluding hydrogens is 1270 g/mol. The Labute approximate surface area is 573 Å². The number of rotatable bonds is 58. The molecule has 0 aromatic carbocycles. The lowest BCUT2D eigenvalue weighted by Crippen LogP contribution is -2.69. The molecule has 24 nitrogen and oxygen atoms in total. The molecule has 0 bridgehead atoms. The molecule has 0 aromatic rings. The molecule has 11 N–H and O–H groups in total. The van der Waals surface area contributed by atoms with Gasteiger partial charge in [-0.05, 0) is 44.9 Å². The van der Waals surface area contributed by atoms with Gasteiger partial charge in [0.1, 0.15) is 98.7 Å². The fourth-order valence-corrected chi connectivity index (χ4v) is 13.4. The second-order valence-electron chi connectivity index (χ2n) is 27.0. The highest BCUT2D eigenvalue weighted by Gasteiger charge is 2.58. The van der Waals surface area contributed by atoms with Gasteiger partial charge in [0, 0.05) is 19.3 Å². The summed E-state index contributed by atoms with van der Waals surface area (Å²) in [6, 6.07) is 0. The average Bonchev–Trinajstić information content (AvgIpc) is 0.777. The zero-order valence-corrected chi connectivity index (χ0v) is 59.6. The number of aliphatic hydroxyl groups excluding tert-OH is 10. The predicted octanol–water partition coefficient (Wildman–Crippen LogP) is 9.96. The molecule has 2 saturated heterocycles. The summed E-state index contributed by atoms with van der Waals surface area (Å²) in [5, 5.41) is 110. The standard InChI is InChI=1S/C71H131O24P/c1-4-7-10-13-16-19-22-25-28-31-33-36-39-42-45-55(73)87-49-52(90-57(75)47-44-41-38-35-32-29-26-23-20-17-14-11-8-5-2)50-89-96(85,86)95-69-67(93-70-65(83)60(78)58(76)53(48-72)91-70)63(81)62(80)64(82)68(69)94-71-66(84)61(79)59(77)54(92-71)51-88-56(74)46-43-40-37-34-30-27-24-21-18-15-12-9-6-3/h28,31,52-54,58-72,76-84H,4-27,29-30,32-51H2,1-3H3,(H,85,86)/b31-28-. The highest BCUT2D eigenvalue weighted by molar-refractivity contribution is 7.47. The number of ether oxygens (including phenoxy) is 7. The van der Waals surface area contributed by atoms with Crippen LogP contribution in [-0.4, -0.2) is 204 Å². The summed E-state index contributed by atoms with van der Waals surface area (Å²) in [5.41, 5.74) is 0. The second kappa shape index (κ2) is 53.5. The van der Waals surface area contributed by atoms with Crippen molar-refractivity contribution in [2.24, 2.45) is 0 Å². The SMILES string of the molecule is CCCCCCCCC/C=C\CCCCCC(=O)OCC(COP(=O)(O)OC1C(OC2OC(CO)C(O)C(O)C2O)C(O)C(O)C(O)C1OC1OC(COC(=O)CCCCCCCCCCCCCCC)C(O)C(O)C1O)OC(=O)CCCCCCCCCCCCCCCC. The molecule has 2 aliphatic heterocycles. The normalized spacial score (nSPS) is 28.0. The number of carbonyl (C=O) groups excluding carboxylic acids is 3. The van der Waals surface area contributed by atoms with Crippen LogP contribution in [0.2, 0.25) is 0 Å². The van der Waals surface area contributed by atoms with Gasteiger partial charge in [-0.25, -0.2) is 4.57 Å². The zero-order chi connectivity index (χ0) is 70.4. The van der Waals surface area contributed by atoms with Crippen LogP contribution in [0.5, 0.6) is 0 Å². The lowest BCUT2D eigenvalue weighted by Gasteiger charge is -2.49. The van der Waals surface area contributed by atoms with Crippen LogP contribution in [0.4, 0.5) is 0 Å². The van der Waals surface area contributed by atoms with Gasteiger partial charge in [0.2, 0.25) is 0 Å². The number of unbranched alkanes of at least 4 members (excludes halogenated alkanes) is 35. The molecule has 2 heterocycles. The van der Waals surface area contributed by atoms with Crippen molar-refractivity contribution in [1.82, 2.24) is 0 Å². The Morgan fingerprint density at radius 3 is 1.14 bits per heavy atom. The summed E-state index contributed by atoms with van der Waals surface area (Å²) < 4.78 is 65.0. The van der Waals surface area contributed by atoms with Crippen LogP contribution < -0.4 is 0 Å². The number of esters is 3. The van der Waals surface area contributed by atoms with Gasteiger partial charge >= 0.3 is 25.7 Å². The smallest absolute Gasteiger partial charge is 0.463 e. The number of phosphoric acid groups is 1. The van der Waals surface area contributed by atoms with E-state index in [1.165, 1.54) is 135 Å². The summed E-state index contributed by atoms with van der Waals surface area (Å²) in [7, 11) is -5.69. The number of allylic oxidation sites excluding steroid dienone is 2. The Kier molecular flexibility index (Phi) is 49.0. The first-order valence-electron chi connectivity index (χ1n) is 37.5. The van der Waals surface area contributed by atoms with Gasteiger partial charge in [-0.2, -0.15) is 0 Å². The first-order chi connectivity index (χ1) is 46.3. The molecule has 0 radical (unpaired) electrons. The van der Waals surface area contributed by atoms with Crippen LogP contribution in [0.3, 0.4) is 0 Å². The molecule has 1 aliphatic carbocycles. The number of hydrogen-bond donors (Lipinski definition) is 11. The number of hydrogen-bond acceptors (Lipinski definition) is 23. The van der Waals surface area contributed by atoms with Crippen molar-refractivity contribution in [2.45, 2.75) is 395 Å². The van der Waals surface area contributed by atoms with E-state index in [1.807, 2.05) is 0 Å². The fourth-order valence-electron chi connectivity index (χ4n) is 12.4. The van der Waals surface area contributed by atoms with Gasteiger partial charge in [0.15, 0.2) is 18.7 Å². The van der Waals surface area contributed by atoms with Crippen molar-refractivity contribution in [1.29, 1.82) is 0 Å². The minimum Gasteiger partial charge on any atom is -0.463 e. The van der Waals surface area contributed by atoms with E-state index in [-0.39, 0.29) is 19.3 Å². The summed E-state index contributed by atoms with van der Waals surface area (Å²) in [4.78, 5) is 50.9. The highest BCUT2D eigenvalue weighted by atomic mass is 31.2. The van der Waals surface area contributed by atoms with E-state index in [0.29, 0.717) is 19.3 Å². The van der Waals surface area contributed by atoms with E-state index >= 15 is 0 Å². The van der Waals surface area contributed by atoms with Crippen LogP contribution in [0.15, 0.2) is 12.2 Å². The van der Waals surface area contributed by atoms with Crippen LogP contribution in [0.25, 0.3) is 0 Å². The van der Waals surface area contributed by atoms with Gasteiger partial charge in [-0.3, -0.25) is 23.4 Å². The van der Waals surface area contributed by atoms with Crippen molar-refractivity contribution in [2.75, 3.05) is 26.4 Å². The fraction of sp³-hybridized carbons (Fsp3) is 0.930. The minimum atomic E-state index is -5.69. The van der Waals surface area contributed by atoms with Crippen molar-refractivity contribution >= 4 is 25.7 Å². The summed E-state index contributed by atoms with van der Waals surface area (Å²) in [6.45, 7) is 3.43. The van der Waals surface area contributed by atoms with E-state index in [0.717, 1.165) is 96.3 Å². The predicted molar refractivity (Wildman–Crippen MR) is 361 cm³/mol. The van der Waals surface area contributed by atoms with Crippen LogP contribution in [0, 0.1) is 0 Å². The monoisotopic (exact) mass is 1400 g/mol. The van der Waals surface area contributed by atoms with Gasteiger partial charge in [0.05, 0.1) is 13.2 Å². The van der Waals surface area contributed by atoms with Gasteiger partial charge < -0.3 is 89.1 Å². The lowest BCUT2D eigenvalue weighted by atomic mass is 9.84. The Balaban J connectivity index is 1.74. The quantitative estimate of drug-likeness (QED) is 0.00886. The largest absolute Gasteiger partial charge is 0.472 e. The van der Waals surface area contributed by atoms with E-state index in [9.17, 15) is 74.9 Å². The molecule has 0 aromatic heterocycles. The van der Waals surface area contributed by atoms with E-state index in [4.69, 9.17) is 42.2 Å². The van der Waals surface area contributed by atoms with Crippen LogP contribution >= 0.6 is 7.82 Å². The maximum atomic E-state index is 14.3. The van der Waals surface area contributed by atoms with Crippen molar-refractivity contribution in [3.8, 4) is 0 Å². The molecule has 3 rings (SSSR count). The minimum absolute atomic E-state index is 0.0279. The first kappa shape index (κ1) is 87.9. The Morgan fingerprint density at radius 2 is 0.729 bits per heavy atom. The molecule has 0 amide bonds. The van der Waals surface area contributed by atoms with Crippen LogP contribution in [-0.2, 0) is 61.2 Å². The number of phosphoric ester groups is 1. The topological polar surface area (TPSA) is 374 Å². The van der Waals surface area contributed by atoms with Crippen LogP contribution in [0.1, 0.15) is 290 Å². The molecule has 96 heavy (non-hydrogen) atoms. The van der Waals surface area contributed by atoms with Crippen molar-refractivity contribution in [3.63, 3.8) is 0 Å². The molecule has 18 unspecified atom stereocenters. The molecule has 3 fully saturated rings. The van der Waals surface area contributed by atoms with Gasteiger partial charge in [-0.1, -0.05) is 238 Å². The zero-order valence-electron chi connectivity index (χ0n) is 58.7. The second-order valence-corrected chi connectivity index (χ2v) is 28.4. The third kappa shape index (κ3) is 36.5. The number of aliphatic hydroxyl groups is 10. The Morgan fingerprint density at radius 1 is 0.396 bits per heavy atom. The summed E-state index contributed by atoms with van der Waals surface area (Å²) in [6.07, 6.45) is 11.4. The van der Waals surface area contributed by atoms with E-state index < -0.39 is 156 Å². The summed E-state index contributed by atoms with van der Waals surface area (Å²) in [5.74, 6) is -2.00. The molecule has 0 spiro atoms. The number of carbonyl (C=O) groups is 3. The molecular formula is C71H131O24P. The molecule has 3 aliphatic rings. The third-order valence-corrected chi connectivity index (χ3v) is 19.5. The molecule has 18 atom stereocenters. The average molecular weight is 1400 g/mol. The molecule has 564 valence electrons. The molecule has 25 heteroatoms. The van der Waals surface area contributed by atoms with Gasteiger partial charge in [0.25, 0.3) is 0 Å². The lowest BCUT2D eigenvalue weighted by molar-refractivity contribution is -0.360. The molecule has 1 saturated carbocycles. The van der Waals surface area contributed by atoms with E-state index in [1.54, 1.807) is 0 Å². The van der Waals surface area contributed by atoms with Gasteiger partial charge in [-0.15, -0.1) is 0 Å². The highest BCUT2D eigenvalue weighted by Crippen LogP contribution is 2.49. The van der Waals surface area contributed by atoms with Crippen molar-refractivity contribution in [3.05, 3.63) is 12.2 Å². The Bertz CT molecular complexity index is 2040. The Hall–Kier alpha value is -2.30. The van der Waals surface area contributed by atoms with Crippen molar-refractivity contribution < 1.29 is 117 Å². The summed E-state index contributed by atoms with van der Waals surface area (Å²) >= 11 is 0. The maximum Gasteiger partial charge on any atom is 0.472 e. The third-order valence-electron chi connectivity index (χ3n) is 18.5. The first-order valence-corrected chi connectivity index (χ1v) is 39.0. The maximum absolute atomic E-state index is 14.3.